The van der Waals surface area contributed by atoms with Crippen LogP contribution in [0.3, 0.4) is 0 Å². The summed E-state index contributed by atoms with van der Waals surface area (Å²) in [4.78, 5) is 0. The number of hydrogen-bond donors (Lipinski definition) is 1. The standard InChI is InChI=1S/C6H13NOS2/c1-7(2,3)4-5-8-6(9)10/h4-5H2,1-3H3/p+1. The molecule has 60 valence electrons. The number of thiol groups is 1. The summed E-state index contributed by atoms with van der Waals surface area (Å²) in [6.45, 7) is 1.59. The molecule has 0 rings (SSSR count). The summed E-state index contributed by atoms with van der Waals surface area (Å²) >= 11 is 8.45. The van der Waals surface area contributed by atoms with E-state index in [9.17, 15) is 0 Å². The summed E-state index contributed by atoms with van der Waals surface area (Å²) in [5.74, 6) is 0. The lowest BCUT2D eigenvalue weighted by Crippen LogP contribution is -2.37. The molecule has 10 heavy (non-hydrogen) atoms. The van der Waals surface area contributed by atoms with E-state index in [-0.39, 0.29) is 0 Å². The van der Waals surface area contributed by atoms with Gasteiger partial charge in [0.05, 0.1) is 21.1 Å². The zero-order chi connectivity index (χ0) is 8.20. The Morgan fingerprint density at radius 2 is 2.00 bits per heavy atom. The van der Waals surface area contributed by atoms with E-state index in [0.717, 1.165) is 11.0 Å². The third-order valence-electron chi connectivity index (χ3n) is 0.988. The largest absolute Gasteiger partial charge is 0.473 e. The number of likely N-dealkylation sites (N-methyl/N-ethyl adjacent to an activating group) is 1. The highest BCUT2D eigenvalue weighted by Crippen LogP contribution is 1.92. The smallest absolute Gasteiger partial charge is 0.217 e. The molecule has 0 aliphatic carbocycles. The van der Waals surface area contributed by atoms with Crippen molar-refractivity contribution in [1.82, 2.24) is 0 Å². The van der Waals surface area contributed by atoms with E-state index in [4.69, 9.17) is 4.74 Å². The first-order valence-corrected chi connectivity index (χ1v) is 3.93. The Hall–Kier alpha value is 0.200. The van der Waals surface area contributed by atoms with Gasteiger partial charge in [-0.15, -0.1) is 0 Å². The molecule has 0 heterocycles. The maximum Gasteiger partial charge on any atom is 0.217 e. The highest BCUT2D eigenvalue weighted by atomic mass is 32.1. The number of rotatable bonds is 3. The predicted molar refractivity (Wildman–Crippen MR) is 50.4 cm³/mol. The van der Waals surface area contributed by atoms with Gasteiger partial charge in [-0.2, -0.15) is 0 Å². The molecule has 0 amide bonds. The topological polar surface area (TPSA) is 9.23 Å². The molecule has 4 heteroatoms. The van der Waals surface area contributed by atoms with Crippen LogP contribution >= 0.6 is 24.8 Å². The fourth-order valence-corrected chi connectivity index (χ4v) is 0.581. The Bertz CT molecular complexity index is 119. The quantitative estimate of drug-likeness (QED) is 0.393. The van der Waals surface area contributed by atoms with E-state index in [0.29, 0.717) is 11.0 Å². The van der Waals surface area contributed by atoms with Gasteiger partial charge in [0.1, 0.15) is 13.2 Å². The molecular formula is C6H14NOS2+. The van der Waals surface area contributed by atoms with E-state index in [1.165, 1.54) is 0 Å². The number of quaternary nitrogens is 1. The fraction of sp³-hybridized carbons (Fsp3) is 0.833. The van der Waals surface area contributed by atoms with Crippen molar-refractivity contribution >= 4 is 29.2 Å². The van der Waals surface area contributed by atoms with Gasteiger partial charge in [0.25, 0.3) is 0 Å². The molecule has 0 fully saturated rings. The Balaban J connectivity index is 3.29. The molecule has 2 nitrogen and oxygen atoms in total. The van der Waals surface area contributed by atoms with Crippen molar-refractivity contribution in [2.45, 2.75) is 0 Å². The molecule has 0 radical (unpaired) electrons. The minimum atomic E-state index is 0.327. The zero-order valence-electron chi connectivity index (χ0n) is 6.63. The number of hydrogen-bond acceptors (Lipinski definition) is 2. The summed E-state index contributed by atoms with van der Waals surface area (Å²) in [6.07, 6.45) is 0. The Labute approximate surface area is 73.2 Å². The summed E-state index contributed by atoms with van der Waals surface area (Å²) in [5, 5.41) is 0. The van der Waals surface area contributed by atoms with Gasteiger partial charge in [-0.25, -0.2) is 0 Å². The average Bonchev–Trinajstić information content (AvgIpc) is 1.59. The van der Waals surface area contributed by atoms with Crippen LogP contribution in [0.15, 0.2) is 0 Å². The fourth-order valence-electron chi connectivity index (χ4n) is 0.407. The van der Waals surface area contributed by atoms with Crippen LogP contribution in [0.4, 0.5) is 0 Å². The van der Waals surface area contributed by atoms with Crippen LogP contribution in [0.1, 0.15) is 0 Å². The molecule has 0 saturated heterocycles. The van der Waals surface area contributed by atoms with Crippen molar-refractivity contribution in [3.05, 3.63) is 0 Å². The van der Waals surface area contributed by atoms with Crippen molar-refractivity contribution in [3.8, 4) is 0 Å². The lowest BCUT2D eigenvalue weighted by Gasteiger charge is -2.23. The van der Waals surface area contributed by atoms with Crippen molar-refractivity contribution < 1.29 is 9.22 Å². The summed E-state index contributed by atoms with van der Waals surface area (Å²) < 4.78 is 6.21. The predicted octanol–water partition coefficient (Wildman–Crippen LogP) is 0.924. The van der Waals surface area contributed by atoms with E-state index < -0.39 is 0 Å². The first kappa shape index (κ1) is 10.2. The van der Waals surface area contributed by atoms with Crippen molar-refractivity contribution in [2.75, 3.05) is 34.3 Å². The molecule has 0 aliphatic rings. The third kappa shape index (κ3) is 8.20. The molecular weight excluding hydrogens is 166 g/mol. The molecule has 0 unspecified atom stereocenters. The molecule has 0 N–H and O–H groups in total. The van der Waals surface area contributed by atoms with Crippen LogP contribution < -0.4 is 0 Å². The van der Waals surface area contributed by atoms with Crippen LogP contribution in [0.25, 0.3) is 0 Å². The van der Waals surface area contributed by atoms with Gasteiger partial charge in [0, 0.05) is 0 Å². The van der Waals surface area contributed by atoms with Gasteiger partial charge >= 0.3 is 0 Å². The van der Waals surface area contributed by atoms with E-state index in [1.807, 2.05) is 0 Å². The molecule has 0 atom stereocenters. The monoisotopic (exact) mass is 180 g/mol. The maximum atomic E-state index is 5.00. The lowest BCUT2D eigenvalue weighted by molar-refractivity contribution is -0.870. The average molecular weight is 180 g/mol. The van der Waals surface area contributed by atoms with Crippen LogP contribution in [0.2, 0.25) is 0 Å². The second kappa shape index (κ2) is 4.16. The van der Waals surface area contributed by atoms with E-state index in [2.05, 4.69) is 46.0 Å². The van der Waals surface area contributed by atoms with Crippen LogP contribution in [-0.4, -0.2) is 43.2 Å². The molecule has 0 aromatic heterocycles. The van der Waals surface area contributed by atoms with Crippen molar-refractivity contribution in [1.29, 1.82) is 0 Å². The van der Waals surface area contributed by atoms with Gasteiger partial charge in [-0.3, -0.25) is 0 Å². The Morgan fingerprint density at radius 3 is 2.30 bits per heavy atom. The first-order chi connectivity index (χ1) is 4.42. The van der Waals surface area contributed by atoms with Crippen LogP contribution in [-0.2, 0) is 4.74 Å². The van der Waals surface area contributed by atoms with E-state index in [1.54, 1.807) is 0 Å². The second-order valence-electron chi connectivity index (χ2n) is 3.13. The second-order valence-corrected chi connectivity index (χ2v) is 4.21. The van der Waals surface area contributed by atoms with Gasteiger partial charge < -0.3 is 9.22 Å². The minimum Gasteiger partial charge on any atom is -0.473 e. The van der Waals surface area contributed by atoms with Gasteiger partial charge in [-0.05, 0) is 12.2 Å². The first-order valence-electron chi connectivity index (χ1n) is 3.08. The highest BCUT2D eigenvalue weighted by Gasteiger charge is 2.05. The van der Waals surface area contributed by atoms with Crippen LogP contribution in [0, 0.1) is 0 Å². The van der Waals surface area contributed by atoms with Crippen molar-refractivity contribution in [2.24, 2.45) is 0 Å². The normalized spacial score (nSPS) is 11.2. The summed E-state index contributed by atoms with van der Waals surface area (Å²) in [6, 6.07) is 0. The molecule has 0 saturated carbocycles. The Morgan fingerprint density at radius 1 is 1.50 bits per heavy atom. The van der Waals surface area contributed by atoms with E-state index >= 15 is 0 Å². The molecule has 0 spiro atoms. The van der Waals surface area contributed by atoms with Gasteiger partial charge in [0.2, 0.25) is 4.38 Å². The molecule has 0 aromatic rings. The van der Waals surface area contributed by atoms with Crippen molar-refractivity contribution in [3.63, 3.8) is 0 Å². The number of ether oxygens (including phenoxy) is 1. The minimum absolute atomic E-state index is 0.327. The summed E-state index contributed by atoms with van der Waals surface area (Å²) in [5.41, 5.74) is 0. The molecule has 0 bridgehead atoms. The zero-order valence-corrected chi connectivity index (χ0v) is 8.34. The maximum absolute atomic E-state index is 5.00. The third-order valence-corrected chi connectivity index (χ3v) is 1.23. The highest BCUT2D eigenvalue weighted by molar-refractivity contribution is 8.10. The molecule has 0 aromatic carbocycles. The number of thiocarbonyl (C=S) groups is 1. The summed E-state index contributed by atoms with van der Waals surface area (Å²) in [7, 11) is 6.31. The Kier molecular flexibility index (Phi) is 4.24. The molecule has 0 aliphatic heterocycles. The van der Waals surface area contributed by atoms with Gasteiger partial charge in [0.15, 0.2) is 0 Å². The van der Waals surface area contributed by atoms with Gasteiger partial charge in [-0.1, -0.05) is 12.6 Å². The lowest BCUT2D eigenvalue weighted by atomic mass is 10.5. The van der Waals surface area contributed by atoms with Crippen LogP contribution in [0.5, 0.6) is 0 Å². The number of nitrogens with zero attached hydrogens (tertiary/aromatic N) is 1. The SMILES string of the molecule is C[N+](C)(C)CCOC(=S)S.